The van der Waals surface area contributed by atoms with Gasteiger partial charge in [-0.25, -0.2) is 0 Å². The minimum Gasteiger partial charge on any atom is -0.411 e. The Kier molecular flexibility index (Phi) is 2.55. The monoisotopic (exact) mass is 170 g/mol. The van der Waals surface area contributed by atoms with E-state index in [1.165, 1.54) is 18.4 Å². The van der Waals surface area contributed by atoms with E-state index < -0.39 is 8.32 Å². The summed E-state index contributed by atoms with van der Waals surface area (Å²) in [7, 11) is -1.30. The molecule has 2 heteroatoms. The maximum Gasteiger partial charge on any atom is 0.184 e. The van der Waals surface area contributed by atoms with Crippen molar-refractivity contribution in [2.75, 3.05) is 0 Å². The average Bonchev–Trinajstić information content (AvgIpc) is 2.12. The van der Waals surface area contributed by atoms with E-state index in [0.717, 1.165) is 0 Å². The van der Waals surface area contributed by atoms with Crippen LogP contribution in [0.25, 0.3) is 0 Å². The molecule has 0 aromatic heterocycles. The number of allylic oxidation sites excluding steroid dienone is 1. The van der Waals surface area contributed by atoms with Crippen molar-refractivity contribution in [3.63, 3.8) is 0 Å². The van der Waals surface area contributed by atoms with E-state index in [-0.39, 0.29) is 0 Å². The summed E-state index contributed by atoms with van der Waals surface area (Å²) in [4.78, 5) is 0. The Morgan fingerprint density at radius 1 is 1.45 bits per heavy atom. The van der Waals surface area contributed by atoms with Crippen LogP contribution in [-0.4, -0.2) is 14.4 Å². The zero-order valence-electron chi connectivity index (χ0n) is 7.98. The second-order valence-electron chi connectivity index (χ2n) is 4.24. The third kappa shape index (κ3) is 2.79. The van der Waals surface area contributed by atoms with Crippen LogP contribution >= 0.6 is 0 Å². The molecule has 1 aliphatic rings. The number of hydrogen-bond acceptors (Lipinski definition) is 1. The zero-order valence-corrected chi connectivity index (χ0v) is 8.98. The van der Waals surface area contributed by atoms with Crippen molar-refractivity contribution < 1.29 is 4.43 Å². The summed E-state index contributed by atoms with van der Waals surface area (Å²) in [5.74, 6) is 0. The van der Waals surface area contributed by atoms with Gasteiger partial charge in [0, 0.05) is 0 Å². The fraction of sp³-hybridized carbons (Fsp3) is 0.778. The van der Waals surface area contributed by atoms with Crippen molar-refractivity contribution in [3.8, 4) is 0 Å². The van der Waals surface area contributed by atoms with Crippen LogP contribution in [0, 0.1) is 0 Å². The van der Waals surface area contributed by atoms with Gasteiger partial charge >= 0.3 is 0 Å². The average molecular weight is 170 g/mol. The summed E-state index contributed by atoms with van der Waals surface area (Å²) in [5, 5.41) is 0. The Morgan fingerprint density at radius 3 is 2.45 bits per heavy atom. The van der Waals surface area contributed by atoms with E-state index in [1.54, 1.807) is 0 Å². The first-order valence-corrected chi connectivity index (χ1v) is 7.74. The van der Waals surface area contributed by atoms with E-state index in [1.807, 2.05) is 0 Å². The lowest BCUT2D eigenvalue weighted by molar-refractivity contribution is 0.230. The molecule has 11 heavy (non-hydrogen) atoms. The molecule has 0 aromatic rings. The van der Waals surface area contributed by atoms with Gasteiger partial charge in [0.05, 0.1) is 6.10 Å². The van der Waals surface area contributed by atoms with E-state index in [4.69, 9.17) is 4.43 Å². The molecule has 0 amide bonds. The van der Waals surface area contributed by atoms with Crippen molar-refractivity contribution >= 4 is 8.32 Å². The summed E-state index contributed by atoms with van der Waals surface area (Å²) in [6.45, 7) is 8.92. The van der Waals surface area contributed by atoms with Crippen LogP contribution in [0.2, 0.25) is 19.6 Å². The van der Waals surface area contributed by atoms with Crippen LogP contribution in [0.5, 0.6) is 0 Å². The quantitative estimate of drug-likeness (QED) is 0.457. The van der Waals surface area contributed by atoms with E-state index in [9.17, 15) is 0 Å². The molecule has 0 saturated carbocycles. The molecule has 0 saturated heterocycles. The van der Waals surface area contributed by atoms with Crippen LogP contribution in [0.15, 0.2) is 11.6 Å². The molecule has 0 spiro atoms. The zero-order chi connectivity index (χ0) is 8.48. The van der Waals surface area contributed by atoms with Gasteiger partial charge in [0.25, 0.3) is 0 Å². The van der Waals surface area contributed by atoms with Gasteiger partial charge < -0.3 is 4.43 Å². The van der Waals surface area contributed by atoms with Gasteiger partial charge in [-0.1, -0.05) is 6.08 Å². The Bertz CT molecular complexity index is 167. The first kappa shape index (κ1) is 9.01. The van der Waals surface area contributed by atoms with Crippen LogP contribution in [0.4, 0.5) is 0 Å². The SMILES string of the molecule is CC1=CCCC1O[Si](C)(C)C. The van der Waals surface area contributed by atoms with Crippen molar-refractivity contribution in [3.05, 3.63) is 11.6 Å². The van der Waals surface area contributed by atoms with Crippen LogP contribution in [0.3, 0.4) is 0 Å². The van der Waals surface area contributed by atoms with Gasteiger partial charge in [-0.15, -0.1) is 0 Å². The lowest BCUT2D eigenvalue weighted by Crippen LogP contribution is -2.31. The molecule has 0 aliphatic heterocycles. The van der Waals surface area contributed by atoms with Gasteiger partial charge in [0.1, 0.15) is 0 Å². The number of rotatable bonds is 2. The summed E-state index contributed by atoms with van der Waals surface area (Å²) in [6, 6.07) is 0. The van der Waals surface area contributed by atoms with Crippen molar-refractivity contribution in [1.29, 1.82) is 0 Å². The molecule has 0 bridgehead atoms. The van der Waals surface area contributed by atoms with Crippen LogP contribution in [-0.2, 0) is 4.43 Å². The normalized spacial score (nSPS) is 25.5. The topological polar surface area (TPSA) is 9.23 Å². The van der Waals surface area contributed by atoms with Gasteiger partial charge in [-0.05, 0) is 45.0 Å². The molecule has 0 radical (unpaired) electrons. The highest BCUT2D eigenvalue weighted by molar-refractivity contribution is 6.69. The number of hydrogen-bond donors (Lipinski definition) is 0. The molecule has 1 atom stereocenters. The fourth-order valence-electron chi connectivity index (χ4n) is 1.40. The van der Waals surface area contributed by atoms with Gasteiger partial charge in [0.2, 0.25) is 0 Å². The maximum absolute atomic E-state index is 5.98. The second-order valence-corrected chi connectivity index (χ2v) is 8.70. The summed E-state index contributed by atoms with van der Waals surface area (Å²) in [6.07, 6.45) is 5.16. The van der Waals surface area contributed by atoms with E-state index in [2.05, 4.69) is 32.6 Å². The molecule has 1 unspecified atom stereocenters. The minimum atomic E-state index is -1.30. The predicted molar refractivity (Wildman–Crippen MR) is 51.2 cm³/mol. The minimum absolute atomic E-state index is 0.446. The maximum atomic E-state index is 5.98. The summed E-state index contributed by atoms with van der Waals surface area (Å²) < 4.78 is 5.98. The molecule has 0 aromatic carbocycles. The summed E-state index contributed by atoms with van der Waals surface area (Å²) >= 11 is 0. The Morgan fingerprint density at radius 2 is 2.09 bits per heavy atom. The standard InChI is InChI=1S/C9H18OSi/c1-8-6-5-7-9(8)10-11(2,3)4/h6,9H,5,7H2,1-4H3. The van der Waals surface area contributed by atoms with Crippen molar-refractivity contribution in [2.24, 2.45) is 0 Å². The molecule has 0 fully saturated rings. The smallest absolute Gasteiger partial charge is 0.184 e. The first-order chi connectivity index (χ1) is 4.99. The molecule has 1 rings (SSSR count). The highest BCUT2D eigenvalue weighted by atomic mass is 28.4. The highest BCUT2D eigenvalue weighted by Crippen LogP contribution is 2.24. The fourth-order valence-corrected chi connectivity index (χ4v) is 2.56. The molecule has 1 nitrogen and oxygen atoms in total. The molecule has 0 heterocycles. The van der Waals surface area contributed by atoms with Gasteiger partial charge in [-0.2, -0.15) is 0 Å². The Labute approximate surface area is 70.6 Å². The van der Waals surface area contributed by atoms with Crippen LogP contribution in [0.1, 0.15) is 19.8 Å². The second kappa shape index (κ2) is 3.11. The van der Waals surface area contributed by atoms with Gasteiger partial charge in [-0.3, -0.25) is 0 Å². The Balaban J connectivity index is 2.45. The molecule has 0 N–H and O–H groups in total. The molecule has 1 aliphatic carbocycles. The van der Waals surface area contributed by atoms with E-state index in [0.29, 0.717) is 6.10 Å². The van der Waals surface area contributed by atoms with Crippen molar-refractivity contribution in [2.45, 2.75) is 45.5 Å². The van der Waals surface area contributed by atoms with Gasteiger partial charge in [0.15, 0.2) is 8.32 Å². The predicted octanol–water partition coefficient (Wildman–Crippen LogP) is 2.95. The lowest BCUT2D eigenvalue weighted by Gasteiger charge is -2.24. The summed E-state index contributed by atoms with van der Waals surface area (Å²) in [5.41, 5.74) is 1.44. The van der Waals surface area contributed by atoms with Crippen molar-refractivity contribution in [1.82, 2.24) is 0 Å². The third-order valence-electron chi connectivity index (χ3n) is 1.90. The molecular formula is C9H18OSi. The lowest BCUT2D eigenvalue weighted by atomic mass is 10.2. The third-order valence-corrected chi connectivity index (χ3v) is 2.89. The van der Waals surface area contributed by atoms with Crippen LogP contribution < -0.4 is 0 Å². The Hall–Kier alpha value is -0.0831. The molecule has 64 valence electrons. The highest BCUT2D eigenvalue weighted by Gasteiger charge is 2.23. The largest absolute Gasteiger partial charge is 0.411 e. The molecular weight excluding hydrogens is 152 g/mol. The first-order valence-electron chi connectivity index (χ1n) is 4.33. The van der Waals surface area contributed by atoms with E-state index >= 15 is 0 Å².